The third-order valence-electron chi connectivity index (χ3n) is 8.90. The van der Waals surface area contributed by atoms with Crippen LogP contribution < -0.4 is 0 Å². The summed E-state index contributed by atoms with van der Waals surface area (Å²) >= 11 is 0. The minimum atomic E-state index is -4.01. The van der Waals surface area contributed by atoms with E-state index >= 15 is 0 Å². The lowest BCUT2D eigenvalue weighted by atomic mass is 9.49. The molecule has 4 saturated carbocycles. The molecule has 0 aromatic rings. The lowest BCUT2D eigenvalue weighted by Crippen LogP contribution is -2.49. The lowest BCUT2D eigenvalue weighted by molar-refractivity contribution is -0.141. The van der Waals surface area contributed by atoms with Gasteiger partial charge in [0, 0.05) is 6.42 Å². The number of aliphatic hydroxyl groups is 1. The van der Waals surface area contributed by atoms with Gasteiger partial charge in [0.1, 0.15) is 0 Å². The minimum Gasteiger partial charge on any atom is -0.393 e. The highest BCUT2D eigenvalue weighted by Gasteiger charge is 2.56. The Morgan fingerprint density at radius 2 is 1.68 bits per heavy atom. The SMILES string of the molecule is C[C@]12CCC3C4CC[C@H](O)CC4CCC3C1CCC2CCC(F)(F)F. The molecule has 0 aliphatic heterocycles. The summed E-state index contributed by atoms with van der Waals surface area (Å²) in [6, 6.07) is 0. The van der Waals surface area contributed by atoms with Gasteiger partial charge in [-0.2, -0.15) is 13.2 Å². The Bertz CT molecular complexity index is 490. The van der Waals surface area contributed by atoms with E-state index in [4.69, 9.17) is 0 Å². The molecule has 0 heterocycles. The number of halogens is 3. The summed E-state index contributed by atoms with van der Waals surface area (Å²) in [5.74, 6) is 3.93. The summed E-state index contributed by atoms with van der Waals surface area (Å²) in [4.78, 5) is 0. The molecular weight excluding hydrogens is 325 g/mol. The number of hydrogen-bond acceptors (Lipinski definition) is 1. The Hall–Kier alpha value is -0.250. The van der Waals surface area contributed by atoms with E-state index in [1.54, 1.807) is 0 Å². The zero-order valence-electron chi connectivity index (χ0n) is 15.4. The number of fused-ring (bicyclic) bond motifs is 5. The van der Waals surface area contributed by atoms with Gasteiger partial charge in [-0.05, 0) is 105 Å². The second kappa shape index (κ2) is 6.42. The lowest BCUT2D eigenvalue weighted by Gasteiger charge is -2.56. The second-order valence-corrected chi connectivity index (χ2v) is 9.87. The highest BCUT2D eigenvalue weighted by Crippen LogP contribution is 2.65. The zero-order valence-corrected chi connectivity index (χ0v) is 15.4. The highest BCUT2D eigenvalue weighted by molar-refractivity contribution is 5.06. The minimum absolute atomic E-state index is 0.0927. The molecule has 144 valence electrons. The van der Waals surface area contributed by atoms with Crippen molar-refractivity contribution in [3.8, 4) is 0 Å². The van der Waals surface area contributed by atoms with Crippen molar-refractivity contribution in [3.05, 3.63) is 0 Å². The van der Waals surface area contributed by atoms with Crippen LogP contribution in [0, 0.1) is 40.9 Å². The van der Waals surface area contributed by atoms with Gasteiger partial charge < -0.3 is 5.11 Å². The maximum Gasteiger partial charge on any atom is 0.389 e. The van der Waals surface area contributed by atoms with Crippen LogP contribution in [0.2, 0.25) is 0 Å². The molecule has 4 heteroatoms. The molecular formula is C21H33F3O. The molecule has 0 amide bonds. The fraction of sp³-hybridized carbons (Fsp3) is 1.00. The van der Waals surface area contributed by atoms with Crippen molar-refractivity contribution in [2.75, 3.05) is 0 Å². The predicted molar refractivity (Wildman–Crippen MR) is 91.9 cm³/mol. The van der Waals surface area contributed by atoms with Crippen molar-refractivity contribution in [1.29, 1.82) is 0 Å². The Labute approximate surface area is 149 Å². The maximum atomic E-state index is 12.7. The van der Waals surface area contributed by atoms with E-state index in [1.165, 1.54) is 25.7 Å². The van der Waals surface area contributed by atoms with Gasteiger partial charge in [-0.15, -0.1) is 0 Å². The number of hydrogen-bond donors (Lipinski definition) is 1. The van der Waals surface area contributed by atoms with Crippen molar-refractivity contribution in [2.24, 2.45) is 40.9 Å². The Balaban J connectivity index is 1.46. The first kappa shape index (κ1) is 18.1. The van der Waals surface area contributed by atoms with Crippen LogP contribution in [0.25, 0.3) is 0 Å². The van der Waals surface area contributed by atoms with Gasteiger partial charge in [0.2, 0.25) is 0 Å². The molecule has 4 aliphatic carbocycles. The van der Waals surface area contributed by atoms with Gasteiger partial charge in [-0.3, -0.25) is 0 Å². The molecule has 0 aromatic carbocycles. The summed E-state index contributed by atoms with van der Waals surface area (Å²) in [6.45, 7) is 2.32. The van der Waals surface area contributed by atoms with Crippen LogP contribution in [-0.4, -0.2) is 17.4 Å². The highest BCUT2D eigenvalue weighted by atomic mass is 19.4. The van der Waals surface area contributed by atoms with E-state index in [1.807, 2.05) is 0 Å². The van der Waals surface area contributed by atoms with Crippen LogP contribution in [0.4, 0.5) is 13.2 Å². The molecule has 1 nitrogen and oxygen atoms in total. The van der Waals surface area contributed by atoms with Gasteiger partial charge in [0.25, 0.3) is 0 Å². The van der Waals surface area contributed by atoms with Gasteiger partial charge in [0.05, 0.1) is 6.10 Å². The maximum absolute atomic E-state index is 12.7. The first-order chi connectivity index (χ1) is 11.8. The van der Waals surface area contributed by atoms with E-state index in [0.717, 1.165) is 49.9 Å². The largest absolute Gasteiger partial charge is 0.393 e. The molecule has 4 rings (SSSR count). The molecule has 0 spiro atoms. The molecule has 8 atom stereocenters. The van der Waals surface area contributed by atoms with Crippen molar-refractivity contribution in [3.63, 3.8) is 0 Å². The molecule has 25 heavy (non-hydrogen) atoms. The third kappa shape index (κ3) is 3.26. The third-order valence-corrected chi connectivity index (χ3v) is 8.90. The molecule has 1 N–H and O–H groups in total. The monoisotopic (exact) mass is 358 g/mol. The van der Waals surface area contributed by atoms with Gasteiger partial charge in [-0.1, -0.05) is 6.92 Å². The van der Waals surface area contributed by atoms with Crippen molar-refractivity contribution >= 4 is 0 Å². The van der Waals surface area contributed by atoms with E-state index in [0.29, 0.717) is 18.3 Å². The zero-order chi connectivity index (χ0) is 17.8. The predicted octanol–water partition coefficient (Wildman–Crippen LogP) is 5.96. The fourth-order valence-corrected chi connectivity index (χ4v) is 7.75. The van der Waals surface area contributed by atoms with Crippen LogP contribution in [0.3, 0.4) is 0 Å². The first-order valence-electron chi connectivity index (χ1n) is 10.5. The summed E-state index contributed by atoms with van der Waals surface area (Å²) < 4.78 is 38.2. The Kier molecular flexibility index (Phi) is 4.66. The van der Waals surface area contributed by atoms with Gasteiger partial charge in [0.15, 0.2) is 0 Å². The van der Waals surface area contributed by atoms with Gasteiger partial charge >= 0.3 is 6.18 Å². The second-order valence-electron chi connectivity index (χ2n) is 9.87. The average molecular weight is 358 g/mol. The Morgan fingerprint density at radius 3 is 2.44 bits per heavy atom. The number of rotatable bonds is 2. The molecule has 0 radical (unpaired) electrons. The van der Waals surface area contributed by atoms with Crippen molar-refractivity contribution < 1.29 is 18.3 Å². The number of alkyl halides is 3. The van der Waals surface area contributed by atoms with Crippen molar-refractivity contribution in [1.82, 2.24) is 0 Å². The first-order valence-corrected chi connectivity index (χ1v) is 10.5. The van der Waals surface area contributed by atoms with Crippen LogP contribution >= 0.6 is 0 Å². The molecule has 4 fully saturated rings. The smallest absolute Gasteiger partial charge is 0.389 e. The van der Waals surface area contributed by atoms with Crippen LogP contribution in [0.15, 0.2) is 0 Å². The van der Waals surface area contributed by atoms with Crippen LogP contribution in [-0.2, 0) is 0 Å². The van der Waals surface area contributed by atoms with E-state index in [2.05, 4.69) is 6.92 Å². The summed E-state index contributed by atoms with van der Waals surface area (Å²) in [5, 5.41) is 10.0. The molecule has 0 aromatic heterocycles. The average Bonchev–Trinajstić information content (AvgIpc) is 2.88. The molecule has 0 bridgehead atoms. The van der Waals surface area contributed by atoms with E-state index in [-0.39, 0.29) is 17.4 Å². The quantitative estimate of drug-likeness (QED) is 0.646. The molecule has 6 unspecified atom stereocenters. The van der Waals surface area contributed by atoms with Crippen LogP contribution in [0.1, 0.15) is 77.6 Å². The number of aliphatic hydroxyl groups excluding tert-OH is 1. The standard InChI is InChI=1S/C21H33F3O/c1-20-10-9-17-16-6-4-15(25)12-13(16)2-5-18(17)19(20)7-3-14(20)8-11-21(22,23)24/h13-19,25H,2-12H2,1H3/t13?,14?,15-,16?,17?,18?,19?,20+/m0/s1. The van der Waals surface area contributed by atoms with E-state index < -0.39 is 12.6 Å². The fourth-order valence-electron chi connectivity index (χ4n) is 7.75. The van der Waals surface area contributed by atoms with E-state index in [9.17, 15) is 18.3 Å². The Morgan fingerprint density at radius 1 is 0.920 bits per heavy atom. The topological polar surface area (TPSA) is 20.2 Å². The molecule has 4 aliphatic rings. The van der Waals surface area contributed by atoms with Gasteiger partial charge in [-0.25, -0.2) is 0 Å². The normalized spacial score (nSPS) is 50.0. The van der Waals surface area contributed by atoms with Crippen molar-refractivity contribution in [2.45, 2.75) is 89.8 Å². The summed E-state index contributed by atoms with van der Waals surface area (Å²) in [7, 11) is 0. The summed E-state index contributed by atoms with van der Waals surface area (Å²) in [6.07, 6.45) is 5.77. The molecule has 0 saturated heterocycles. The van der Waals surface area contributed by atoms with Crippen LogP contribution in [0.5, 0.6) is 0 Å². The summed E-state index contributed by atoms with van der Waals surface area (Å²) in [5.41, 5.74) is 0.146.